The molecule has 0 saturated carbocycles. The van der Waals surface area contributed by atoms with Crippen LogP contribution in [0.5, 0.6) is 0 Å². The van der Waals surface area contributed by atoms with Gasteiger partial charge in [-0.2, -0.15) is 0 Å². The van der Waals surface area contributed by atoms with E-state index in [-0.39, 0.29) is 12.4 Å². The van der Waals surface area contributed by atoms with Gasteiger partial charge in [-0.1, -0.05) is 0 Å². The Kier molecular flexibility index (Phi) is 5.15. The lowest BCUT2D eigenvalue weighted by Crippen LogP contribution is -2.32. The first-order chi connectivity index (χ1) is 9.17. The second-order valence-electron chi connectivity index (χ2n) is 5.02. The summed E-state index contributed by atoms with van der Waals surface area (Å²) in [5.74, 6) is 0.483. The molecule has 0 aromatic carbocycles. The maximum Gasteiger partial charge on any atom is 0.311 e. The third kappa shape index (κ3) is 4.47. The van der Waals surface area contributed by atoms with Crippen molar-refractivity contribution < 1.29 is 9.53 Å². The van der Waals surface area contributed by atoms with E-state index in [2.05, 4.69) is 27.0 Å². The van der Waals surface area contributed by atoms with Crippen LogP contribution in [0.4, 0.5) is 5.13 Å². The highest BCUT2D eigenvalue weighted by Crippen LogP contribution is 2.20. The number of anilines is 1. The minimum absolute atomic E-state index is 0.243. The van der Waals surface area contributed by atoms with Gasteiger partial charge in [-0.15, -0.1) is 11.3 Å². The highest BCUT2D eigenvalue weighted by molar-refractivity contribution is 7.13. The molecule has 0 unspecified atom stereocenters. The van der Waals surface area contributed by atoms with Crippen molar-refractivity contribution in [1.82, 2.24) is 9.88 Å². The fourth-order valence-electron chi connectivity index (χ4n) is 2.19. The number of piperidine rings is 1. The molecule has 1 saturated heterocycles. The predicted molar refractivity (Wildman–Crippen MR) is 76.5 cm³/mol. The number of methoxy groups -OCH3 is 1. The van der Waals surface area contributed by atoms with Crippen molar-refractivity contribution in [3.8, 4) is 0 Å². The fraction of sp³-hybridized carbons (Fsp3) is 0.692. The minimum Gasteiger partial charge on any atom is -0.469 e. The number of esters is 1. The first kappa shape index (κ1) is 14.3. The molecule has 0 spiro atoms. The minimum atomic E-state index is -0.243. The van der Waals surface area contributed by atoms with E-state index >= 15 is 0 Å². The number of nitrogens with one attached hydrogen (secondary N) is 1. The lowest BCUT2D eigenvalue weighted by molar-refractivity contribution is -0.139. The summed E-state index contributed by atoms with van der Waals surface area (Å²) in [6.07, 6.45) is 2.73. The molecule has 19 heavy (non-hydrogen) atoms. The van der Waals surface area contributed by atoms with E-state index in [0.717, 1.165) is 23.3 Å². The molecule has 6 heteroatoms. The first-order valence-corrected chi connectivity index (χ1v) is 7.49. The molecule has 1 aromatic rings. The summed E-state index contributed by atoms with van der Waals surface area (Å²) in [6.45, 7) is 3.33. The van der Waals surface area contributed by atoms with Crippen molar-refractivity contribution in [2.45, 2.75) is 19.3 Å². The maximum absolute atomic E-state index is 11.1. The molecule has 1 aliphatic heterocycles. The van der Waals surface area contributed by atoms with E-state index in [0.29, 0.717) is 0 Å². The summed E-state index contributed by atoms with van der Waals surface area (Å²) in [7, 11) is 3.57. The third-order valence-corrected chi connectivity index (χ3v) is 4.33. The van der Waals surface area contributed by atoms with Crippen molar-refractivity contribution in [1.29, 1.82) is 0 Å². The number of rotatable bonds is 5. The molecule has 0 radical (unpaired) electrons. The number of hydrogen-bond donors (Lipinski definition) is 1. The van der Waals surface area contributed by atoms with Crippen LogP contribution in [-0.4, -0.2) is 49.6 Å². The maximum atomic E-state index is 11.1. The van der Waals surface area contributed by atoms with Gasteiger partial charge in [0.05, 0.1) is 19.2 Å². The molecule has 5 nitrogen and oxygen atoms in total. The van der Waals surface area contributed by atoms with E-state index in [1.165, 1.54) is 33.0 Å². The monoisotopic (exact) mass is 283 g/mol. The Morgan fingerprint density at radius 2 is 2.32 bits per heavy atom. The van der Waals surface area contributed by atoms with Crippen LogP contribution in [0.2, 0.25) is 0 Å². The van der Waals surface area contributed by atoms with Gasteiger partial charge in [0.2, 0.25) is 0 Å². The van der Waals surface area contributed by atoms with Gasteiger partial charge in [-0.3, -0.25) is 4.79 Å². The molecule has 106 valence electrons. The van der Waals surface area contributed by atoms with Crippen LogP contribution < -0.4 is 5.32 Å². The lowest BCUT2D eigenvalue weighted by Gasteiger charge is -2.28. The molecule has 2 heterocycles. The summed E-state index contributed by atoms with van der Waals surface area (Å²) in [5, 5.41) is 6.19. The Morgan fingerprint density at radius 3 is 3.00 bits per heavy atom. The number of ether oxygens (including phenoxy) is 1. The average molecular weight is 283 g/mol. The molecular formula is C13H21N3O2S. The normalized spacial score (nSPS) is 17.4. The summed E-state index contributed by atoms with van der Waals surface area (Å²) in [5.41, 5.74) is 0.780. The predicted octanol–water partition coefficient (Wildman–Crippen LogP) is 1.61. The van der Waals surface area contributed by atoms with E-state index in [1.54, 1.807) is 11.3 Å². The highest BCUT2D eigenvalue weighted by atomic mass is 32.1. The molecular weight excluding hydrogens is 262 g/mol. The van der Waals surface area contributed by atoms with Crippen LogP contribution in [0.1, 0.15) is 18.5 Å². The van der Waals surface area contributed by atoms with Crippen LogP contribution in [0, 0.1) is 5.92 Å². The molecule has 1 aliphatic rings. The van der Waals surface area contributed by atoms with Crippen molar-refractivity contribution in [3.05, 3.63) is 11.1 Å². The number of carbonyl (C=O) groups is 1. The Morgan fingerprint density at radius 1 is 1.58 bits per heavy atom. The van der Waals surface area contributed by atoms with Gasteiger partial charge in [-0.25, -0.2) is 4.98 Å². The number of aromatic nitrogens is 1. The molecule has 1 aromatic heterocycles. The fourth-order valence-corrected chi connectivity index (χ4v) is 2.91. The summed E-state index contributed by atoms with van der Waals surface area (Å²) < 4.78 is 4.63. The molecule has 1 fully saturated rings. The average Bonchev–Trinajstić information content (AvgIpc) is 2.85. The summed E-state index contributed by atoms with van der Waals surface area (Å²) in [6, 6.07) is 0. The zero-order valence-corrected chi connectivity index (χ0v) is 12.3. The molecule has 1 N–H and O–H groups in total. The number of nitrogens with zero attached hydrogens (tertiary/aromatic N) is 2. The zero-order valence-electron chi connectivity index (χ0n) is 11.5. The van der Waals surface area contributed by atoms with Crippen molar-refractivity contribution in [2.24, 2.45) is 5.92 Å². The second-order valence-corrected chi connectivity index (χ2v) is 5.88. The van der Waals surface area contributed by atoms with Crippen LogP contribution in [0.15, 0.2) is 5.38 Å². The molecule has 2 rings (SSSR count). The van der Waals surface area contributed by atoms with Gasteiger partial charge >= 0.3 is 5.97 Å². The Balaban J connectivity index is 1.75. The number of thiazole rings is 1. The molecule has 0 amide bonds. The van der Waals surface area contributed by atoms with E-state index in [4.69, 9.17) is 0 Å². The van der Waals surface area contributed by atoms with Gasteiger partial charge < -0.3 is 15.0 Å². The molecule has 0 bridgehead atoms. The van der Waals surface area contributed by atoms with Crippen molar-refractivity contribution >= 4 is 22.4 Å². The van der Waals surface area contributed by atoms with Gasteiger partial charge in [0.15, 0.2) is 5.13 Å². The zero-order chi connectivity index (χ0) is 13.7. The molecule has 0 aliphatic carbocycles. The highest BCUT2D eigenvalue weighted by Gasteiger charge is 2.16. The van der Waals surface area contributed by atoms with Gasteiger partial charge in [0.25, 0.3) is 0 Å². The topological polar surface area (TPSA) is 54.5 Å². The van der Waals surface area contributed by atoms with Gasteiger partial charge in [0, 0.05) is 11.9 Å². The van der Waals surface area contributed by atoms with E-state index < -0.39 is 0 Å². The largest absolute Gasteiger partial charge is 0.469 e. The van der Waals surface area contributed by atoms with Gasteiger partial charge in [-0.05, 0) is 38.9 Å². The molecule has 0 atom stereocenters. The lowest BCUT2D eigenvalue weighted by atomic mass is 9.97. The Bertz CT molecular complexity index is 414. The summed E-state index contributed by atoms with van der Waals surface area (Å²) in [4.78, 5) is 17.9. The Hall–Kier alpha value is -1.14. The second kappa shape index (κ2) is 6.86. The van der Waals surface area contributed by atoms with Crippen molar-refractivity contribution in [3.63, 3.8) is 0 Å². The third-order valence-electron chi connectivity index (χ3n) is 3.48. The van der Waals surface area contributed by atoms with Crippen LogP contribution >= 0.6 is 11.3 Å². The first-order valence-electron chi connectivity index (χ1n) is 6.61. The van der Waals surface area contributed by atoms with Crippen LogP contribution in [0.25, 0.3) is 0 Å². The summed E-state index contributed by atoms with van der Waals surface area (Å²) >= 11 is 1.55. The smallest absolute Gasteiger partial charge is 0.311 e. The quantitative estimate of drug-likeness (QED) is 0.832. The number of carbonyl (C=O) groups excluding carboxylic acids is 1. The van der Waals surface area contributed by atoms with Crippen molar-refractivity contribution in [2.75, 3.05) is 39.1 Å². The Labute approximate surface area is 118 Å². The van der Waals surface area contributed by atoms with E-state index in [1.807, 2.05) is 5.38 Å². The van der Waals surface area contributed by atoms with Crippen LogP contribution in [0.3, 0.4) is 0 Å². The van der Waals surface area contributed by atoms with E-state index in [9.17, 15) is 4.79 Å². The number of likely N-dealkylation sites (tertiary alicyclic amines) is 1. The van der Waals surface area contributed by atoms with Gasteiger partial charge in [0.1, 0.15) is 0 Å². The standard InChI is InChI=1S/C13H21N3O2S/c1-16-5-3-10(4-6-16)8-14-13-15-11(9-19-13)7-12(17)18-2/h9-10H,3-8H2,1-2H3,(H,14,15). The van der Waals surface area contributed by atoms with Crippen LogP contribution in [-0.2, 0) is 16.0 Å². The number of hydrogen-bond acceptors (Lipinski definition) is 6. The SMILES string of the molecule is COC(=O)Cc1csc(NCC2CCN(C)CC2)n1.